The van der Waals surface area contributed by atoms with E-state index in [1.165, 1.54) is 81.7 Å². The summed E-state index contributed by atoms with van der Waals surface area (Å²) < 4.78 is 2.47. The summed E-state index contributed by atoms with van der Waals surface area (Å²) in [5.41, 5.74) is 13.6. The summed E-state index contributed by atoms with van der Waals surface area (Å²) in [6.07, 6.45) is 0. The highest BCUT2D eigenvalue weighted by molar-refractivity contribution is 6.29. The zero-order valence-electron chi connectivity index (χ0n) is 33.1. The molecule has 0 N–H and O–H groups in total. The summed E-state index contributed by atoms with van der Waals surface area (Å²) in [7, 11) is 0. The van der Waals surface area contributed by atoms with Crippen LogP contribution in [0.2, 0.25) is 0 Å². The van der Waals surface area contributed by atoms with Gasteiger partial charge in [0.2, 0.25) is 0 Å². The largest absolute Gasteiger partial charge is 0.309 e. The van der Waals surface area contributed by atoms with E-state index in [0.29, 0.717) is 0 Å². The van der Waals surface area contributed by atoms with Crippen molar-refractivity contribution in [1.82, 2.24) is 9.55 Å². The van der Waals surface area contributed by atoms with Crippen LogP contribution in [0, 0.1) is 6.92 Å². The molecule has 0 fully saturated rings. The van der Waals surface area contributed by atoms with Crippen LogP contribution in [0.4, 0.5) is 0 Å². The lowest BCUT2D eigenvalue weighted by atomic mass is 9.91. The molecule has 10 aromatic carbocycles. The van der Waals surface area contributed by atoms with Gasteiger partial charge in [-0.15, -0.1) is 0 Å². The zero-order valence-corrected chi connectivity index (χ0v) is 33.1. The summed E-state index contributed by atoms with van der Waals surface area (Å²) in [5.74, 6) is 0. The predicted octanol–water partition coefficient (Wildman–Crippen LogP) is 15.8. The third-order valence-electron chi connectivity index (χ3n) is 12.4. The lowest BCUT2D eigenvalue weighted by Gasteiger charge is -2.15. The number of benzene rings is 10. The number of pyridine rings is 1. The van der Waals surface area contributed by atoms with Crippen molar-refractivity contribution in [3.63, 3.8) is 0 Å². The number of hydrogen-bond donors (Lipinski definition) is 0. The summed E-state index contributed by atoms with van der Waals surface area (Å²) in [5, 5.41) is 12.5. The molecular weight excluding hydrogens is 725 g/mol. The standard InChI is InChI=1S/C58H38N2/c1-37-23-25-38(26-24-37)42-27-29-49-50(31-42)47-20-10-11-21-48(47)51-35-54-53-32-43(46-22-12-18-39-13-8-9-19-45(39)46)28-30-57(53)60(58(54)36-52(49)51)44-33-55(40-14-4-2-5-15-40)59-56(34-44)41-16-6-3-7-17-41/h2-36H,1H3. The minimum atomic E-state index is 0.940. The summed E-state index contributed by atoms with van der Waals surface area (Å²) in [6, 6.07) is 77.7. The molecule has 12 aromatic rings. The number of rotatable bonds is 5. The minimum absolute atomic E-state index is 0.940. The van der Waals surface area contributed by atoms with Crippen LogP contribution in [0.5, 0.6) is 0 Å². The van der Waals surface area contributed by atoms with Crippen LogP contribution in [0.25, 0.3) is 115 Å². The molecule has 0 saturated carbocycles. The van der Waals surface area contributed by atoms with Gasteiger partial charge >= 0.3 is 0 Å². The first-order chi connectivity index (χ1) is 29.6. The molecule has 0 radical (unpaired) electrons. The molecule has 2 aromatic heterocycles. The Hall–Kier alpha value is -7.81. The fraction of sp³-hybridized carbons (Fsp3) is 0.0172. The number of hydrogen-bond acceptors (Lipinski definition) is 1. The van der Waals surface area contributed by atoms with Gasteiger partial charge in [-0.05, 0) is 115 Å². The van der Waals surface area contributed by atoms with Gasteiger partial charge in [0.15, 0.2) is 0 Å². The highest BCUT2D eigenvalue weighted by Crippen LogP contribution is 2.44. The van der Waals surface area contributed by atoms with Gasteiger partial charge in [-0.25, -0.2) is 4.98 Å². The second-order valence-electron chi connectivity index (χ2n) is 16.0. The van der Waals surface area contributed by atoms with Crippen molar-refractivity contribution in [1.29, 1.82) is 0 Å². The Kier molecular flexibility index (Phi) is 7.79. The van der Waals surface area contributed by atoms with Crippen LogP contribution in [-0.4, -0.2) is 9.55 Å². The van der Waals surface area contributed by atoms with Gasteiger partial charge in [0.25, 0.3) is 0 Å². The van der Waals surface area contributed by atoms with Crippen molar-refractivity contribution < 1.29 is 0 Å². The van der Waals surface area contributed by atoms with Crippen LogP contribution < -0.4 is 0 Å². The highest BCUT2D eigenvalue weighted by atomic mass is 15.0. The van der Waals surface area contributed by atoms with E-state index >= 15 is 0 Å². The van der Waals surface area contributed by atoms with Crippen molar-refractivity contribution in [3.05, 3.63) is 218 Å². The van der Waals surface area contributed by atoms with E-state index in [-0.39, 0.29) is 0 Å². The van der Waals surface area contributed by atoms with E-state index in [0.717, 1.165) is 39.2 Å². The average molecular weight is 763 g/mol. The SMILES string of the molecule is Cc1ccc(-c2ccc3c(c2)c2ccccc2c2cc4c5cc(-c6cccc7ccccc67)ccc5n(-c5cc(-c6ccccc6)nc(-c6ccccc6)c5)c4cc32)cc1. The molecular formula is C58H38N2. The average Bonchev–Trinajstić information content (AvgIpc) is 3.64. The van der Waals surface area contributed by atoms with E-state index in [9.17, 15) is 0 Å². The monoisotopic (exact) mass is 762 g/mol. The quantitative estimate of drug-likeness (QED) is 0.160. The van der Waals surface area contributed by atoms with Gasteiger partial charge in [-0.1, -0.05) is 175 Å². The van der Waals surface area contributed by atoms with Gasteiger partial charge < -0.3 is 4.57 Å². The molecule has 2 heteroatoms. The maximum atomic E-state index is 5.28. The first-order valence-electron chi connectivity index (χ1n) is 20.7. The third kappa shape index (κ3) is 5.53. The first kappa shape index (κ1) is 34.3. The molecule has 2 nitrogen and oxygen atoms in total. The van der Waals surface area contributed by atoms with E-state index < -0.39 is 0 Å². The Morgan fingerprint density at radius 1 is 0.317 bits per heavy atom. The first-order valence-corrected chi connectivity index (χ1v) is 20.7. The Morgan fingerprint density at radius 3 is 1.57 bits per heavy atom. The van der Waals surface area contributed by atoms with Crippen molar-refractivity contribution in [3.8, 4) is 50.5 Å². The molecule has 0 aliphatic rings. The van der Waals surface area contributed by atoms with Gasteiger partial charge in [-0.3, -0.25) is 0 Å². The Morgan fingerprint density at radius 2 is 0.850 bits per heavy atom. The molecule has 280 valence electrons. The molecule has 0 spiro atoms. The third-order valence-corrected chi connectivity index (χ3v) is 12.4. The van der Waals surface area contributed by atoms with Gasteiger partial charge in [-0.2, -0.15) is 0 Å². The Balaban J connectivity index is 1.20. The number of fused-ring (bicyclic) bond motifs is 10. The summed E-state index contributed by atoms with van der Waals surface area (Å²) >= 11 is 0. The van der Waals surface area contributed by atoms with Crippen molar-refractivity contribution in [2.75, 3.05) is 0 Å². The molecule has 0 amide bonds. The number of nitrogens with zero attached hydrogens (tertiary/aromatic N) is 2. The highest BCUT2D eigenvalue weighted by Gasteiger charge is 2.20. The van der Waals surface area contributed by atoms with Crippen LogP contribution >= 0.6 is 0 Å². The topological polar surface area (TPSA) is 17.8 Å². The van der Waals surface area contributed by atoms with Gasteiger partial charge in [0.05, 0.1) is 28.1 Å². The van der Waals surface area contributed by atoms with Crippen LogP contribution in [0.15, 0.2) is 212 Å². The van der Waals surface area contributed by atoms with Crippen LogP contribution in [0.1, 0.15) is 5.56 Å². The molecule has 0 unspecified atom stereocenters. The maximum absolute atomic E-state index is 5.28. The fourth-order valence-corrected chi connectivity index (χ4v) is 9.47. The summed E-state index contributed by atoms with van der Waals surface area (Å²) in [6.45, 7) is 2.14. The lowest BCUT2D eigenvalue weighted by molar-refractivity contribution is 1.16. The van der Waals surface area contributed by atoms with E-state index in [1.54, 1.807) is 0 Å². The minimum Gasteiger partial charge on any atom is -0.309 e. The second kappa shape index (κ2) is 13.7. The smallest absolute Gasteiger partial charge is 0.0730 e. The van der Waals surface area contributed by atoms with E-state index in [2.05, 4.69) is 224 Å². The van der Waals surface area contributed by atoms with Crippen molar-refractivity contribution in [2.24, 2.45) is 0 Å². The maximum Gasteiger partial charge on any atom is 0.0730 e. The van der Waals surface area contributed by atoms with E-state index in [1.807, 2.05) is 0 Å². The Bertz CT molecular complexity index is 3570. The van der Waals surface area contributed by atoms with Gasteiger partial charge in [0.1, 0.15) is 0 Å². The molecule has 0 atom stereocenters. The molecule has 0 bridgehead atoms. The van der Waals surface area contributed by atoms with Crippen LogP contribution in [0.3, 0.4) is 0 Å². The molecule has 2 heterocycles. The molecule has 60 heavy (non-hydrogen) atoms. The second-order valence-corrected chi connectivity index (χ2v) is 16.0. The number of aryl methyl sites for hydroxylation is 1. The fourth-order valence-electron chi connectivity index (χ4n) is 9.47. The van der Waals surface area contributed by atoms with Crippen molar-refractivity contribution >= 4 is 64.9 Å². The van der Waals surface area contributed by atoms with Gasteiger partial charge in [0, 0.05) is 21.9 Å². The lowest BCUT2D eigenvalue weighted by Crippen LogP contribution is -1.98. The van der Waals surface area contributed by atoms with Crippen LogP contribution in [-0.2, 0) is 0 Å². The summed E-state index contributed by atoms with van der Waals surface area (Å²) in [4.78, 5) is 5.28. The predicted molar refractivity (Wildman–Crippen MR) is 255 cm³/mol. The zero-order chi connectivity index (χ0) is 39.7. The van der Waals surface area contributed by atoms with Crippen molar-refractivity contribution in [2.45, 2.75) is 6.92 Å². The number of aromatic nitrogens is 2. The Labute approximate surface area is 348 Å². The van der Waals surface area contributed by atoms with E-state index in [4.69, 9.17) is 4.98 Å². The normalized spacial score (nSPS) is 11.8. The molecule has 12 rings (SSSR count). The molecule has 0 saturated heterocycles. The molecule has 0 aliphatic heterocycles. The molecule has 0 aliphatic carbocycles.